The van der Waals surface area contributed by atoms with Gasteiger partial charge in [0.15, 0.2) is 0 Å². The van der Waals surface area contributed by atoms with E-state index in [0.29, 0.717) is 11.9 Å². The average Bonchev–Trinajstić information content (AvgIpc) is 2.46. The lowest BCUT2D eigenvalue weighted by Crippen LogP contribution is -2.18. The smallest absolute Gasteiger partial charge is 0.212 e. The van der Waals surface area contributed by atoms with Gasteiger partial charge < -0.3 is 10.1 Å². The third-order valence-corrected chi connectivity index (χ3v) is 3.27. The number of ether oxygens (including phenoxy) is 1. The van der Waals surface area contributed by atoms with E-state index >= 15 is 0 Å². The Bertz CT molecular complexity index is 505. The lowest BCUT2D eigenvalue weighted by Gasteiger charge is -2.17. The number of hydrogen-bond donors (Lipinski definition) is 1. The van der Waals surface area contributed by atoms with Crippen LogP contribution in [0.25, 0.3) is 0 Å². The molecule has 1 aromatic heterocycles. The number of aryl methyl sites for hydroxylation is 1. The standard InChI is InChI=1S/C16H20N2O/c1-12-4-7-14(8-5-12)15(17-2)10-13-6-9-16(19-3)18-11-13/h4-9,11,15,17H,10H2,1-3H3. The first kappa shape index (κ1) is 13.6. The van der Waals surface area contributed by atoms with E-state index in [1.165, 1.54) is 16.7 Å². The van der Waals surface area contributed by atoms with Gasteiger partial charge in [0.1, 0.15) is 0 Å². The third-order valence-electron chi connectivity index (χ3n) is 3.27. The highest BCUT2D eigenvalue weighted by molar-refractivity contribution is 5.27. The molecule has 0 spiro atoms. The second-order valence-electron chi connectivity index (χ2n) is 4.66. The fraction of sp³-hybridized carbons (Fsp3) is 0.312. The number of hydrogen-bond acceptors (Lipinski definition) is 3. The lowest BCUT2D eigenvalue weighted by atomic mass is 9.99. The molecule has 1 unspecified atom stereocenters. The Balaban J connectivity index is 2.11. The molecule has 0 fully saturated rings. The number of benzene rings is 1. The molecule has 2 aromatic rings. The van der Waals surface area contributed by atoms with Gasteiger partial charge in [0.2, 0.25) is 5.88 Å². The van der Waals surface area contributed by atoms with E-state index < -0.39 is 0 Å². The normalized spacial score (nSPS) is 12.2. The molecule has 1 atom stereocenters. The highest BCUT2D eigenvalue weighted by Crippen LogP contribution is 2.19. The van der Waals surface area contributed by atoms with Gasteiger partial charge >= 0.3 is 0 Å². The summed E-state index contributed by atoms with van der Waals surface area (Å²) in [4.78, 5) is 4.24. The number of nitrogens with zero attached hydrogens (tertiary/aromatic N) is 1. The van der Waals surface area contributed by atoms with Crippen molar-refractivity contribution in [1.82, 2.24) is 10.3 Å². The number of methoxy groups -OCH3 is 1. The molecular formula is C16H20N2O. The van der Waals surface area contributed by atoms with Crippen LogP contribution >= 0.6 is 0 Å². The molecule has 0 bridgehead atoms. The molecule has 1 N–H and O–H groups in total. The van der Waals surface area contributed by atoms with Crippen LogP contribution in [0.1, 0.15) is 22.7 Å². The SMILES string of the molecule is CNC(Cc1ccc(OC)nc1)c1ccc(C)cc1. The van der Waals surface area contributed by atoms with E-state index in [1.54, 1.807) is 7.11 Å². The Hall–Kier alpha value is -1.87. The van der Waals surface area contributed by atoms with Gasteiger partial charge in [0.25, 0.3) is 0 Å². The van der Waals surface area contributed by atoms with Gasteiger partial charge in [-0.3, -0.25) is 0 Å². The van der Waals surface area contributed by atoms with Gasteiger partial charge in [-0.2, -0.15) is 0 Å². The van der Waals surface area contributed by atoms with Crippen molar-refractivity contribution in [1.29, 1.82) is 0 Å². The molecular weight excluding hydrogens is 236 g/mol. The quantitative estimate of drug-likeness (QED) is 0.893. The maximum Gasteiger partial charge on any atom is 0.212 e. The molecule has 0 aliphatic carbocycles. The van der Waals surface area contributed by atoms with E-state index in [2.05, 4.69) is 47.6 Å². The molecule has 1 heterocycles. The fourth-order valence-electron chi connectivity index (χ4n) is 2.07. The highest BCUT2D eigenvalue weighted by Gasteiger charge is 2.10. The molecule has 0 radical (unpaired) electrons. The van der Waals surface area contributed by atoms with Crippen molar-refractivity contribution in [2.45, 2.75) is 19.4 Å². The number of aromatic nitrogens is 1. The van der Waals surface area contributed by atoms with Crippen LogP contribution in [0.4, 0.5) is 0 Å². The Morgan fingerprint density at radius 3 is 2.42 bits per heavy atom. The first-order valence-electron chi connectivity index (χ1n) is 6.45. The van der Waals surface area contributed by atoms with Crippen molar-refractivity contribution in [3.8, 4) is 5.88 Å². The van der Waals surface area contributed by atoms with Crippen LogP contribution in [0.15, 0.2) is 42.6 Å². The van der Waals surface area contributed by atoms with Gasteiger partial charge in [-0.25, -0.2) is 4.98 Å². The molecule has 100 valence electrons. The predicted molar refractivity (Wildman–Crippen MR) is 77.5 cm³/mol. The Kier molecular flexibility index (Phi) is 4.53. The molecule has 0 saturated carbocycles. The van der Waals surface area contributed by atoms with Crippen LogP contribution in [-0.2, 0) is 6.42 Å². The van der Waals surface area contributed by atoms with Crippen LogP contribution < -0.4 is 10.1 Å². The Morgan fingerprint density at radius 1 is 1.16 bits per heavy atom. The zero-order chi connectivity index (χ0) is 13.7. The lowest BCUT2D eigenvalue weighted by molar-refractivity contribution is 0.397. The number of rotatable bonds is 5. The van der Waals surface area contributed by atoms with E-state index in [0.717, 1.165) is 6.42 Å². The second-order valence-corrected chi connectivity index (χ2v) is 4.66. The van der Waals surface area contributed by atoms with Crippen LogP contribution in [0.2, 0.25) is 0 Å². The van der Waals surface area contributed by atoms with Crippen LogP contribution in [-0.4, -0.2) is 19.1 Å². The topological polar surface area (TPSA) is 34.1 Å². The van der Waals surface area contributed by atoms with Crippen molar-refractivity contribution in [3.05, 3.63) is 59.3 Å². The minimum atomic E-state index is 0.302. The zero-order valence-electron chi connectivity index (χ0n) is 11.7. The summed E-state index contributed by atoms with van der Waals surface area (Å²) in [5.74, 6) is 0.653. The minimum absolute atomic E-state index is 0.302. The first-order chi connectivity index (χ1) is 9.22. The predicted octanol–water partition coefficient (Wildman–Crippen LogP) is 2.90. The summed E-state index contributed by atoms with van der Waals surface area (Å²) in [6.07, 6.45) is 2.79. The number of pyridine rings is 1. The van der Waals surface area contributed by atoms with Gasteiger partial charge in [0.05, 0.1) is 7.11 Å². The summed E-state index contributed by atoms with van der Waals surface area (Å²) in [5, 5.41) is 3.36. The molecule has 19 heavy (non-hydrogen) atoms. The van der Waals surface area contributed by atoms with Crippen molar-refractivity contribution < 1.29 is 4.74 Å². The molecule has 0 amide bonds. The van der Waals surface area contributed by atoms with Crippen molar-refractivity contribution >= 4 is 0 Å². The molecule has 3 heteroatoms. The van der Waals surface area contributed by atoms with Crippen molar-refractivity contribution in [2.24, 2.45) is 0 Å². The van der Waals surface area contributed by atoms with E-state index in [1.807, 2.05) is 19.3 Å². The summed E-state index contributed by atoms with van der Waals surface area (Å²) in [7, 11) is 3.62. The molecule has 0 aliphatic rings. The summed E-state index contributed by atoms with van der Waals surface area (Å²) in [6.45, 7) is 2.10. The van der Waals surface area contributed by atoms with Crippen molar-refractivity contribution in [2.75, 3.05) is 14.2 Å². The van der Waals surface area contributed by atoms with Gasteiger partial charge in [0, 0.05) is 18.3 Å². The molecule has 2 rings (SSSR count). The summed E-state index contributed by atoms with van der Waals surface area (Å²) < 4.78 is 5.07. The van der Waals surface area contributed by atoms with Gasteiger partial charge in [-0.05, 0) is 31.5 Å². The molecule has 0 aliphatic heterocycles. The van der Waals surface area contributed by atoms with Crippen molar-refractivity contribution in [3.63, 3.8) is 0 Å². The van der Waals surface area contributed by atoms with Crippen LogP contribution in [0.5, 0.6) is 5.88 Å². The fourth-order valence-corrected chi connectivity index (χ4v) is 2.07. The monoisotopic (exact) mass is 256 g/mol. The maximum absolute atomic E-state index is 5.07. The van der Waals surface area contributed by atoms with E-state index in [-0.39, 0.29) is 0 Å². The molecule has 0 saturated heterocycles. The first-order valence-corrected chi connectivity index (χ1v) is 6.45. The van der Waals surface area contributed by atoms with Crippen LogP contribution in [0.3, 0.4) is 0 Å². The van der Waals surface area contributed by atoms with Gasteiger partial charge in [-0.15, -0.1) is 0 Å². The number of likely N-dealkylation sites (N-methyl/N-ethyl adjacent to an activating group) is 1. The Labute approximate surface area is 114 Å². The largest absolute Gasteiger partial charge is 0.481 e. The third kappa shape index (κ3) is 3.55. The molecule has 3 nitrogen and oxygen atoms in total. The average molecular weight is 256 g/mol. The van der Waals surface area contributed by atoms with E-state index in [9.17, 15) is 0 Å². The zero-order valence-corrected chi connectivity index (χ0v) is 11.7. The Morgan fingerprint density at radius 2 is 1.89 bits per heavy atom. The number of nitrogens with one attached hydrogen (secondary N) is 1. The van der Waals surface area contributed by atoms with Crippen LogP contribution in [0, 0.1) is 6.92 Å². The summed E-state index contributed by atoms with van der Waals surface area (Å²) in [6, 6.07) is 12.9. The molecule has 1 aromatic carbocycles. The summed E-state index contributed by atoms with van der Waals surface area (Å²) in [5.41, 5.74) is 3.77. The highest BCUT2D eigenvalue weighted by atomic mass is 16.5. The summed E-state index contributed by atoms with van der Waals surface area (Å²) >= 11 is 0. The maximum atomic E-state index is 5.07. The van der Waals surface area contributed by atoms with E-state index in [4.69, 9.17) is 4.74 Å². The van der Waals surface area contributed by atoms with Gasteiger partial charge in [-0.1, -0.05) is 35.9 Å². The second kappa shape index (κ2) is 6.34. The minimum Gasteiger partial charge on any atom is -0.481 e.